The predicted molar refractivity (Wildman–Crippen MR) is 74.4 cm³/mol. The molecule has 0 heterocycles. The van der Waals surface area contributed by atoms with Gasteiger partial charge in [-0.1, -0.05) is 60.3 Å². The summed E-state index contributed by atoms with van der Waals surface area (Å²) >= 11 is 0. The second-order valence-corrected chi connectivity index (χ2v) is 5.45. The van der Waals surface area contributed by atoms with Crippen LogP contribution in [0.4, 0.5) is 0 Å². The normalized spacial score (nSPS) is 17.8. The zero-order valence-electron chi connectivity index (χ0n) is 12.3. The van der Waals surface area contributed by atoms with E-state index in [1.807, 2.05) is 0 Å². The average molecular weight is 227 g/mol. The fourth-order valence-electron chi connectivity index (χ4n) is 3.52. The zero-order valence-corrected chi connectivity index (χ0v) is 12.3. The van der Waals surface area contributed by atoms with Crippen molar-refractivity contribution in [2.45, 2.75) is 73.3 Å². The molecule has 98 valence electrons. The van der Waals surface area contributed by atoms with Crippen LogP contribution in [0.15, 0.2) is 0 Å². The Morgan fingerprint density at radius 1 is 0.750 bits per heavy atom. The van der Waals surface area contributed by atoms with E-state index in [9.17, 15) is 0 Å². The minimum atomic E-state index is 0.334. The summed E-state index contributed by atoms with van der Waals surface area (Å²) in [4.78, 5) is 0. The van der Waals surface area contributed by atoms with Crippen LogP contribution in [0.2, 0.25) is 0 Å². The number of hydrogen-bond donors (Lipinski definition) is 1. The minimum Gasteiger partial charge on any atom is -0.328 e. The smallest absolute Gasteiger partial charge is 0.00440 e. The van der Waals surface area contributed by atoms with Gasteiger partial charge in [-0.25, -0.2) is 0 Å². The highest BCUT2D eigenvalue weighted by atomic mass is 14.6. The molecule has 1 heteroatoms. The molecule has 0 radical (unpaired) electrons. The second-order valence-electron chi connectivity index (χ2n) is 5.45. The molecule has 0 spiro atoms. The molecule has 3 unspecified atom stereocenters. The SMILES string of the molecule is CCC(CC)C(C)C(C(C)N)C(CC)CC. The maximum absolute atomic E-state index is 6.24. The van der Waals surface area contributed by atoms with E-state index in [1.165, 1.54) is 25.7 Å². The van der Waals surface area contributed by atoms with Crippen molar-refractivity contribution in [3.05, 3.63) is 0 Å². The van der Waals surface area contributed by atoms with Crippen molar-refractivity contribution in [1.29, 1.82) is 0 Å². The summed E-state index contributed by atoms with van der Waals surface area (Å²) in [5.74, 6) is 3.10. The Labute approximate surface area is 103 Å². The Bertz CT molecular complexity index is 157. The molecule has 0 aliphatic rings. The molecule has 0 aliphatic heterocycles. The van der Waals surface area contributed by atoms with Crippen LogP contribution >= 0.6 is 0 Å². The van der Waals surface area contributed by atoms with Crippen molar-refractivity contribution in [1.82, 2.24) is 0 Å². The standard InChI is InChI=1S/C15H33N/c1-7-13(8-2)11(5)15(12(6)16)14(9-3)10-4/h11-15H,7-10,16H2,1-6H3. The minimum absolute atomic E-state index is 0.334. The first-order chi connectivity index (χ1) is 7.53. The van der Waals surface area contributed by atoms with E-state index >= 15 is 0 Å². The van der Waals surface area contributed by atoms with Gasteiger partial charge in [0, 0.05) is 6.04 Å². The van der Waals surface area contributed by atoms with Crippen LogP contribution in [0, 0.1) is 23.7 Å². The van der Waals surface area contributed by atoms with E-state index in [4.69, 9.17) is 5.73 Å². The van der Waals surface area contributed by atoms with E-state index in [0.29, 0.717) is 12.0 Å². The number of nitrogens with two attached hydrogens (primary N) is 1. The molecule has 0 bridgehead atoms. The fraction of sp³-hybridized carbons (Fsp3) is 1.00. The zero-order chi connectivity index (χ0) is 12.7. The van der Waals surface area contributed by atoms with E-state index in [2.05, 4.69) is 41.5 Å². The van der Waals surface area contributed by atoms with Crippen molar-refractivity contribution >= 4 is 0 Å². The summed E-state index contributed by atoms with van der Waals surface area (Å²) in [6.07, 6.45) is 5.13. The van der Waals surface area contributed by atoms with Crippen LogP contribution in [0.25, 0.3) is 0 Å². The van der Waals surface area contributed by atoms with Crippen LogP contribution in [0.5, 0.6) is 0 Å². The van der Waals surface area contributed by atoms with Crippen LogP contribution in [0.3, 0.4) is 0 Å². The molecule has 0 fully saturated rings. The van der Waals surface area contributed by atoms with Gasteiger partial charge in [0.25, 0.3) is 0 Å². The molecule has 0 amide bonds. The van der Waals surface area contributed by atoms with Gasteiger partial charge in [-0.05, 0) is 30.6 Å². The summed E-state index contributed by atoms with van der Waals surface area (Å²) in [5.41, 5.74) is 6.24. The highest BCUT2D eigenvalue weighted by Gasteiger charge is 2.31. The largest absolute Gasteiger partial charge is 0.328 e. The molecule has 16 heavy (non-hydrogen) atoms. The lowest BCUT2D eigenvalue weighted by molar-refractivity contribution is 0.137. The van der Waals surface area contributed by atoms with Crippen LogP contribution < -0.4 is 5.73 Å². The van der Waals surface area contributed by atoms with Crippen molar-refractivity contribution < 1.29 is 0 Å². The first-order valence-electron chi connectivity index (χ1n) is 7.28. The number of hydrogen-bond acceptors (Lipinski definition) is 1. The topological polar surface area (TPSA) is 26.0 Å². The van der Waals surface area contributed by atoms with Crippen LogP contribution in [0.1, 0.15) is 67.2 Å². The highest BCUT2D eigenvalue weighted by molar-refractivity contribution is 4.83. The average Bonchev–Trinajstić information content (AvgIpc) is 2.26. The lowest BCUT2D eigenvalue weighted by atomic mass is 9.69. The first kappa shape index (κ1) is 16.0. The molecule has 0 saturated carbocycles. The Morgan fingerprint density at radius 3 is 1.38 bits per heavy atom. The highest BCUT2D eigenvalue weighted by Crippen LogP contribution is 2.35. The molecule has 0 aromatic heterocycles. The monoisotopic (exact) mass is 227 g/mol. The fourth-order valence-corrected chi connectivity index (χ4v) is 3.52. The van der Waals surface area contributed by atoms with Crippen molar-refractivity contribution in [2.24, 2.45) is 29.4 Å². The van der Waals surface area contributed by atoms with Crippen molar-refractivity contribution in [3.8, 4) is 0 Å². The lowest BCUT2D eigenvalue weighted by Crippen LogP contribution is -2.39. The van der Waals surface area contributed by atoms with E-state index in [-0.39, 0.29) is 0 Å². The van der Waals surface area contributed by atoms with Gasteiger partial charge < -0.3 is 5.73 Å². The summed E-state index contributed by atoms with van der Waals surface area (Å²) in [7, 11) is 0. The van der Waals surface area contributed by atoms with Gasteiger partial charge in [0.15, 0.2) is 0 Å². The maximum atomic E-state index is 6.24. The van der Waals surface area contributed by atoms with E-state index < -0.39 is 0 Å². The molecule has 2 N–H and O–H groups in total. The third-order valence-corrected chi connectivity index (χ3v) is 4.60. The molecule has 1 nitrogen and oxygen atoms in total. The molecular formula is C15H33N. The molecular weight excluding hydrogens is 194 g/mol. The van der Waals surface area contributed by atoms with Crippen LogP contribution in [-0.2, 0) is 0 Å². The summed E-state index contributed by atoms with van der Waals surface area (Å²) in [6, 6.07) is 0.334. The third-order valence-electron chi connectivity index (χ3n) is 4.60. The first-order valence-corrected chi connectivity index (χ1v) is 7.28. The van der Waals surface area contributed by atoms with Gasteiger partial charge in [0.05, 0.1) is 0 Å². The third kappa shape index (κ3) is 4.08. The summed E-state index contributed by atoms with van der Waals surface area (Å²) in [5, 5.41) is 0. The summed E-state index contributed by atoms with van der Waals surface area (Å²) in [6.45, 7) is 13.9. The van der Waals surface area contributed by atoms with Crippen molar-refractivity contribution in [2.75, 3.05) is 0 Å². The lowest BCUT2D eigenvalue weighted by Gasteiger charge is -2.37. The van der Waals surface area contributed by atoms with Gasteiger partial charge in [-0.3, -0.25) is 0 Å². The van der Waals surface area contributed by atoms with Crippen LogP contribution in [-0.4, -0.2) is 6.04 Å². The van der Waals surface area contributed by atoms with Crippen molar-refractivity contribution in [3.63, 3.8) is 0 Å². The Morgan fingerprint density at radius 2 is 1.12 bits per heavy atom. The van der Waals surface area contributed by atoms with Gasteiger partial charge in [-0.15, -0.1) is 0 Å². The molecule has 0 rings (SSSR count). The molecule has 0 saturated heterocycles. The molecule has 0 aromatic carbocycles. The second kappa shape index (κ2) is 8.11. The van der Waals surface area contributed by atoms with E-state index in [1.54, 1.807) is 0 Å². The van der Waals surface area contributed by atoms with Gasteiger partial charge >= 0.3 is 0 Å². The molecule has 3 atom stereocenters. The molecule has 0 aromatic rings. The Kier molecular flexibility index (Phi) is 8.09. The van der Waals surface area contributed by atoms with E-state index in [0.717, 1.165) is 17.8 Å². The van der Waals surface area contributed by atoms with Gasteiger partial charge in [0.2, 0.25) is 0 Å². The Balaban J connectivity index is 4.75. The summed E-state index contributed by atoms with van der Waals surface area (Å²) < 4.78 is 0. The van der Waals surface area contributed by atoms with Gasteiger partial charge in [0.1, 0.15) is 0 Å². The maximum Gasteiger partial charge on any atom is 0.00440 e. The molecule has 0 aliphatic carbocycles. The predicted octanol–water partition coefficient (Wildman–Crippen LogP) is 4.46. The van der Waals surface area contributed by atoms with Gasteiger partial charge in [-0.2, -0.15) is 0 Å². The quantitative estimate of drug-likeness (QED) is 0.651. The Hall–Kier alpha value is -0.0400. The number of rotatable bonds is 8.